The summed E-state index contributed by atoms with van der Waals surface area (Å²) in [6, 6.07) is 0. The summed E-state index contributed by atoms with van der Waals surface area (Å²) in [4.78, 5) is 11.4. The van der Waals surface area contributed by atoms with Gasteiger partial charge in [-0.3, -0.25) is 4.79 Å². The normalized spacial score (nSPS) is 15.2. The van der Waals surface area contributed by atoms with E-state index in [1.807, 2.05) is 20.8 Å². The van der Waals surface area contributed by atoms with Crippen molar-refractivity contribution in [1.29, 1.82) is 0 Å². The fraction of sp³-hybridized carbons (Fsp3) is 0.889. The molecule has 66 valence electrons. The lowest BCUT2D eigenvalue weighted by molar-refractivity contribution is -0.139. The SMILES string of the molecule is CC(C)C(C)C(=O)C(C)(C)O. The van der Waals surface area contributed by atoms with Crippen LogP contribution in [0.25, 0.3) is 0 Å². The van der Waals surface area contributed by atoms with Crippen molar-refractivity contribution in [1.82, 2.24) is 0 Å². The van der Waals surface area contributed by atoms with Gasteiger partial charge in [0.2, 0.25) is 0 Å². The van der Waals surface area contributed by atoms with Gasteiger partial charge in [0.25, 0.3) is 0 Å². The van der Waals surface area contributed by atoms with Gasteiger partial charge in [0, 0.05) is 5.92 Å². The Morgan fingerprint density at radius 3 is 1.73 bits per heavy atom. The van der Waals surface area contributed by atoms with E-state index in [4.69, 9.17) is 0 Å². The van der Waals surface area contributed by atoms with Gasteiger partial charge in [-0.25, -0.2) is 0 Å². The summed E-state index contributed by atoms with van der Waals surface area (Å²) in [5.74, 6) is 0.163. The zero-order valence-corrected chi connectivity index (χ0v) is 8.01. The van der Waals surface area contributed by atoms with Crippen LogP contribution in [0.15, 0.2) is 0 Å². The van der Waals surface area contributed by atoms with Crippen molar-refractivity contribution in [3.05, 3.63) is 0 Å². The number of Topliss-reactive ketones (excluding diaryl/α,β-unsaturated/α-hetero) is 1. The Morgan fingerprint density at radius 1 is 1.27 bits per heavy atom. The molecule has 2 nitrogen and oxygen atoms in total. The molecule has 1 atom stereocenters. The molecule has 0 saturated heterocycles. The Bertz CT molecular complexity index is 142. The van der Waals surface area contributed by atoms with Crippen molar-refractivity contribution in [2.75, 3.05) is 0 Å². The molecule has 0 radical (unpaired) electrons. The first-order valence-electron chi connectivity index (χ1n) is 4.03. The van der Waals surface area contributed by atoms with Crippen molar-refractivity contribution in [2.45, 2.75) is 40.2 Å². The minimum absolute atomic E-state index is 0.0602. The largest absolute Gasteiger partial charge is 0.383 e. The van der Waals surface area contributed by atoms with E-state index >= 15 is 0 Å². The van der Waals surface area contributed by atoms with Crippen LogP contribution in [-0.4, -0.2) is 16.5 Å². The Kier molecular flexibility index (Phi) is 3.24. The molecule has 0 fully saturated rings. The zero-order chi connectivity index (χ0) is 9.23. The van der Waals surface area contributed by atoms with Gasteiger partial charge >= 0.3 is 0 Å². The Labute approximate surface area is 68.6 Å². The predicted octanol–water partition coefficient (Wildman–Crippen LogP) is 1.62. The van der Waals surface area contributed by atoms with Crippen LogP contribution in [0.3, 0.4) is 0 Å². The van der Waals surface area contributed by atoms with E-state index < -0.39 is 5.60 Å². The maximum atomic E-state index is 11.4. The highest BCUT2D eigenvalue weighted by Gasteiger charge is 2.29. The van der Waals surface area contributed by atoms with Crippen molar-refractivity contribution in [3.8, 4) is 0 Å². The van der Waals surface area contributed by atoms with Crippen LogP contribution in [0.4, 0.5) is 0 Å². The third-order valence-corrected chi connectivity index (χ3v) is 2.02. The van der Waals surface area contributed by atoms with Crippen LogP contribution >= 0.6 is 0 Å². The van der Waals surface area contributed by atoms with Gasteiger partial charge < -0.3 is 5.11 Å². The molecule has 0 amide bonds. The lowest BCUT2D eigenvalue weighted by Crippen LogP contribution is -2.37. The molecular weight excluding hydrogens is 140 g/mol. The highest BCUT2D eigenvalue weighted by Crippen LogP contribution is 2.17. The van der Waals surface area contributed by atoms with E-state index in [0.717, 1.165) is 0 Å². The highest BCUT2D eigenvalue weighted by molar-refractivity contribution is 5.88. The van der Waals surface area contributed by atoms with E-state index in [9.17, 15) is 9.90 Å². The summed E-state index contributed by atoms with van der Waals surface area (Å²) in [5.41, 5.74) is -1.18. The number of ketones is 1. The summed E-state index contributed by atoms with van der Waals surface area (Å²) in [7, 11) is 0. The number of hydrogen-bond donors (Lipinski definition) is 1. The second-order valence-electron chi connectivity index (χ2n) is 3.96. The van der Waals surface area contributed by atoms with E-state index in [-0.39, 0.29) is 11.7 Å². The first-order valence-corrected chi connectivity index (χ1v) is 4.03. The first kappa shape index (κ1) is 10.6. The van der Waals surface area contributed by atoms with E-state index in [1.54, 1.807) is 0 Å². The van der Waals surface area contributed by atoms with Crippen molar-refractivity contribution in [3.63, 3.8) is 0 Å². The summed E-state index contributed by atoms with van der Waals surface area (Å²) >= 11 is 0. The van der Waals surface area contributed by atoms with E-state index in [1.165, 1.54) is 13.8 Å². The van der Waals surface area contributed by atoms with Gasteiger partial charge in [0.1, 0.15) is 5.60 Å². The van der Waals surface area contributed by atoms with E-state index in [2.05, 4.69) is 0 Å². The van der Waals surface area contributed by atoms with Crippen LogP contribution in [-0.2, 0) is 4.79 Å². The smallest absolute Gasteiger partial charge is 0.166 e. The van der Waals surface area contributed by atoms with Crippen LogP contribution in [0.2, 0.25) is 0 Å². The van der Waals surface area contributed by atoms with Crippen molar-refractivity contribution >= 4 is 5.78 Å². The summed E-state index contributed by atoms with van der Waals surface area (Å²) in [6.45, 7) is 8.88. The van der Waals surface area contributed by atoms with E-state index in [0.29, 0.717) is 5.92 Å². The highest BCUT2D eigenvalue weighted by atomic mass is 16.3. The van der Waals surface area contributed by atoms with Crippen molar-refractivity contribution in [2.24, 2.45) is 11.8 Å². The van der Waals surface area contributed by atoms with Gasteiger partial charge in [0.15, 0.2) is 5.78 Å². The second-order valence-corrected chi connectivity index (χ2v) is 3.96. The molecule has 0 aromatic heterocycles. The minimum Gasteiger partial charge on any atom is -0.383 e. The van der Waals surface area contributed by atoms with Gasteiger partial charge in [-0.05, 0) is 19.8 Å². The molecule has 0 aliphatic heterocycles. The molecular formula is C9H18O2. The second kappa shape index (κ2) is 3.35. The topological polar surface area (TPSA) is 37.3 Å². The molecule has 0 spiro atoms. The monoisotopic (exact) mass is 158 g/mol. The molecule has 0 aromatic carbocycles. The Balaban J connectivity index is 4.26. The average molecular weight is 158 g/mol. The lowest BCUT2D eigenvalue weighted by Gasteiger charge is -2.22. The first-order chi connectivity index (χ1) is 4.76. The molecule has 1 N–H and O–H groups in total. The molecule has 11 heavy (non-hydrogen) atoms. The fourth-order valence-corrected chi connectivity index (χ4v) is 0.860. The maximum absolute atomic E-state index is 11.4. The number of hydrogen-bond acceptors (Lipinski definition) is 2. The molecule has 2 heteroatoms. The fourth-order valence-electron chi connectivity index (χ4n) is 0.860. The Hall–Kier alpha value is -0.370. The van der Waals surface area contributed by atoms with Crippen LogP contribution < -0.4 is 0 Å². The van der Waals surface area contributed by atoms with Crippen molar-refractivity contribution < 1.29 is 9.90 Å². The Morgan fingerprint density at radius 2 is 1.64 bits per heavy atom. The van der Waals surface area contributed by atoms with Crippen LogP contribution in [0.5, 0.6) is 0 Å². The lowest BCUT2D eigenvalue weighted by atomic mass is 9.86. The molecule has 0 aliphatic rings. The molecule has 0 aliphatic carbocycles. The molecule has 0 aromatic rings. The number of carbonyl (C=O) groups excluding carboxylic acids is 1. The average Bonchev–Trinajstić information content (AvgIpc) is 1.82. The third kappa shape index (κ3) is 3.02. The molecule has 0 saturated carbocycles. The number of carbonyl (C=O) groups is 1. The summed E-state index contributed by atoms with van der Waals surface area (Å²) in [6.07, 6.45) is 0. The van der Waals surface area contributed by atoms with Crippen LogP contribution in [0.1, 0.15) is 34.6 Å². The van der Waals surface area contributed by atoms with Gasteiger partial charge in [-0.1, -0.05) is 20.8 Å². The molecule has 0 rings (SSSR count). The maximum Gasteiger partial charge on any atom is 0.166 e. The third-order valence-electron chi connectivity index (χ3n) is 2.02. The number of rotatable bonds is 3. The molecule has 1 unspecified atom stereocenters. The summed E-state index contributed by atoms with van der Waals surface area (Å²) < 4.78 is 0. The summed E-state index contributed by atoms with van der Waals surface area (Å²) in [5, 5.41) is 9.36. The molecule has 0 bridgehead atoms. The van der Waals surface area contributed by atoms with Gasteiger partial charge in [-0.2, -0.15) is 0 Å². The van der Waals surface area contributed by atoms with Gasteiger partial charge in [0.05, 0.1) is 0 Å². The zero-order valence-electron chi connectivity index (χ0n) is 8.01. The number of aliphatic hydroxyl groups is 1. The minimum atomic E-state index is -1.18. The quantitative estimate of drug-likeness (QED) is 0.677. The van der Waals surface area contributed by atoms with Gasteiger partial charge in [-0.15, -0.1) is 0 Å². The van der Waals surface area contributed by atoms with Crippen LogP contribution in [0, 0.1) is 11.8 Å². The predicted molar refractivity (Wildman–Crippen MR) is 45.3 cm³/mol. The molecule has 0 heterocycles. The standard InChI is InChI=1S/C9H18O2/c1-6(2)7(3)8(10)9(4,5)11/h6-7,11H,1-5H3.